The Bertz CT molecular complexity index is 331. The highest BCUT2D eigenvalue weighted by Crippen LogP contribution is 2.24. The van der Waals surface area contributed by atoms with Gasteiger partial charge in [-0.05, 0) is 24.6 Å². The van der Waals surface area contributed by atoms with Crippen molar-refractivity contribution in [2.45, 2.75) is 25.1 Å². The van der Waals surface area contributed by atoms with Gasteiger partial charge in [-0.15, -0.1) is 0 Å². The first-order valence-corrected chi connectivity index (χ1v) is 7.32. The van der Waals surface area contributed by atoms with Gasteiger partial charge in [0.2, 0.25) is 0 Å². The molecule has 0 atom stereocenters. The standard InChI is InChI=1S/C13H18BrClO2/c1-2-3-6-16-7-8-17-13-5-4-12(15)9-11(13)10-14/h4-5,9H,2-3,6-8,10H2,1H3. The zero-order chi connectivity index (χ0) is 12.5. The Balaban J connectivity index is 2.31. The molecule has 0 aliphatic rings. The van der Waals surface area contributed by atoms with Crippen LogP contribution in [0.1, 0.15) is 25.3 Å². The summed E-state index contributed by atoms with van der Waals surface area (Å²) >= 11 is 9.33. The number of benzene rings is 1. The number of unbranched alkanes of at least 4 members (excludes halogenated alkanes) is 1. The summed E-state index contributed by atoms with van der Waals surface area (Å²) in [7, 11) is 0. The molecule has 0 bridgehead atoms. The van der Waals surface area contributed by atoms with Crippen LogP contribution in [0.3, 0.4) is 0 Å². The van der Waals surface area contributed by atoms with Crippen molar-refractivity contribution in [3.63, 3.8) is 0 Å². The molecule has 0 N–H and O–H groups in total. The minimum Gasteiger partial charge on any atom is -0.491 e. The molecule has 1 rings (SSSR count). The summed E-state index contributed by atoms with van der Waals surface area (Å²) in [4.78, 5) is 0. The molecule has 0 aromatic heterocycles. The van der Waals surface area contributed by atoms with Crippen LogP contribution in [0.25, 0.3) is 0 Å². The van der Waals surface area contributed by atoms with Crippen LogP contribution in [0.2, 0.25) is 5.02 Å². The average molecular weight is 322 g/mol. The van der Waals surface area contributed by atoms with Crippen molar-refractivity contribution in [3.05, 3.63) is 28.8 Å². The fourth-order valence-electron chi connectivity index (χ4n) is 1.35. The van der Waals surface area contributed by atoms with Crippen LogP contribution in [0.15, 0.2) is 18.2 Å². The summed E-state index contributed by atoms with van der Waals surface area (Å²) < 4.78 is 11.1. The first kappa shape index (κ1) is 14.8. The first-order valence-electron chi connectivity index (χ1n) is 5.83. The van der Waals surface area contributed by atoms with Crippen molar-refractivity contribution >= 4 is 27.5 Å². The highest BCUT2D eigenvalue weighted by atomic mass is 79.9. The lowest BCUT2D eigenvalue weighted by molar-refractivity contribution is 0.0978. The summed E-state index contributed by atoms with van der Waals surface area (Å²) in [5.41, 5.74) is 1.06. The summed E-state index contributed by atoms with van der Waals surface area (Å²) in [6.45, 7) is 4.16. The molecule has 96 valence electrons. The van der Waals surface area contributed by atoms with Crippen LogP contribution in [0.4, 0.5) is 0 Å². The second kappa shape index (κ2) is 8.78. The first-order chi connectivity index (χ1) is 8.27. The van der Waals surface area contributed by atoms with Gasteiger partial charge in [-0.2, -0.15) is 0 Å². The third-order valence-electron chi connectivity index (χ3n) is 2.29. The molecule has 4 heteroatoms. The fourth-order valence-corrected chi connectivity index (χ4v) is 1.99. The third kappa shape index (κ3) is 5.75. The number of alkyl halides is 1. The van der Waals surface area contributed by atoms with Crippen molar-refractivity contribution in [3.8, 4) is 5.75 Å². The van der Waals surface area contributed by atoms with E-state index in [1.165, 1.54) is 0 Å². The molecule has 0 spiro atoms. The maximum Gasteiger partial charge on any atom is 0.123 e. The van der Waals surface area contributed by atoms with Gasteiger partial charge in [0.05, 0.1) is 6.61 Å². The predicted molar refractivity (Wildman–Crippen MR) is 75.3 cm³/mol. The van der Waals surface area contributed by atoms with E-state index >= 15 is 0 Å². The quantitative estimate of drug-likeness (QED) is 0.521. The topological polar surface area (TPSA) is 18.5 Å². The second-order valence-electron chi connectivity index (χ2n) is 3.70. The van der Waals surface area contributed by atoms with E-state index in [0.29, 0.717) is 13.2 Å². The molecule has 0 saturated heterocycles. The van der Waals surface area contributed by atoms with Gasteiger partial charge < -0.3 is 9.47 Å². The molecule has 0 heterocycles. The normalized spacial score (nSPS) is 10.5. The highest BCUT2D eigenvalue weighted by Gasteiger charge is 2.03. The van der Waals surface area contributed by atoms with E-state index in [0.717, 1.165) is 41.1 Å². The number of halogens is 2. The van der Waals surface area contributed by atoms with Crippen LogP contribution in [-0.4, -0.2) is 19.8 Å². The number of hydrogen-bond acceptors (Lipinski definition) is 2. The second-order valence-corrected chi connectivity index (χ2v) is 4.70. The minimum absolute atomic E-state index is 0.575. The molecule has 0 radical (unpaired) electrons. The van der Waals surface area contributed by atoms with Crippen molar-refractivity contribution in [2.24, 2.45) is 0 Å². The number of hydrogen-bond donors (Lipinski definition) is 0. The van der Waals surface area contributed by atoms with Crippen molar-refractivity contribution in [1.29, 1.82) is 0 Å². The largest absolute Gasteiger partial charge is 0.491 e. The smallest absolute Gasteiger partial charge is 0.123 e. The van der Waals surface area contributed by atoms with Crippen LogP contribution >= 0.6 is 27.5 Å². The van der Waals surface area contributed by atoms with Gasteiger partial charge in [0.15, 0.2) is 0 Å². The van der Waals surface area contributed by atoms with E-state index < -0.39 is 0 Å². The van der Waals surface area contributed by atoms with Crippen molar-refractivity contribution < 1.29 is 9.47 Å². The predicted octanol–water partition coefficient (Wildman–Crippen LogP) is 4.43. The van der Waals surface area contributed by atoms with Gasteiger partial charge in [0, 0.05) is 22.5 Å². The summed E-state index contributed by atoms with van der Waals surface area (Å²) in [5.74, 6) is 0.866. The monoisotopic (exact) mass is 320 g/mol. The van der Waals surface area contributed by atoms with Crippen LogP contribution in [0, 0.1) is 0 Å². The molecule has 2 nitrogen and oxygen atoms in total. The molecule has 17 heavy (non-hydrogen) atoms. The Morgan fingerprint density at radius 1 is 1.24 bits per heavy atom. The minimum atomic E-state index is 0.575. The van der Waals surface area contributed by atoms with Crippen LogP contribution in [-0.2, 0) is 10.1 Å². The average Bonchev–Trinajstić information content (AvgIpc) is 2.35. The molecule has 0 fully saturated rings. The number of rotatable bonds is 8. The molecule has 0 aliphatic carbocycles. The summed E-state index contributed by atoms with van der Waals surface area (Å²) in [6, 6.07) is 5.63. The maximum absolute atomic E-state index is 5.91. The van der Waals surface area contributed by atoms with E-state index in [4.69, 9.17) is 21.1 Å². The molecular weight excluding hydrogens is 303 g/mol. The highest BCUT2D eigenvalue weighted by molar-refractivity contribution is 9.08. The Morgan fingerprint density at radius 2 is 2.06 bits per heavy atom. The van der Waals surface area contributed by atoms with Gasteiger partial charge in [-0.25, -0.2) is 0 Å². The molecule has 0 unspecified atom stereocenters. The molecule has 1 aromatic carbocycles. The molecule has 0 aliphatic heterocycles. The van der Waals surface area contributed by atoms with E-state index in [2.05, 4.69) is 22.9 Å². The number of ether oxygens (including phenoxy) is 2. The maximum atomic E-state index is 5.91. The van der Waals surface area contributed by atoms with Gasteiger partial charge in [-0.1, -0.05) is 40.9 Å². The molecule has 1 aromatic rings. The lowest BCUT2D eigenvalue weighted by atomic mass is 10.2. The van der Waals surface area contributed by atoms with Gasteiger partial charge in [0.25, 0.3) is 0 Å². The van der Waals surface area contributed by atoms with Crippen LogP contribution < -0.4 is 4.74 Å². The Kier molecular flexibility index (Phi) is 7.65. The molecule has 0 saturated carbocycles. The SMILES string of the molecule is CCCCOCCOc1ccc(Cl)cc1CBr. The van der Waals surface area contributed by atoms with E-state index in [-0.39, 0.29) is 0 Å². The van der Waals surface area contributed by atoms with Gasteiger partial charge in [-0.3, -0.25) is 0 Å². The molecule has 0 amide bonds. The van der Waals surface area contributed by atoms with Crippen LogP contribution in [0.5, 0.6) is 5.75 Å². The summed E-state index contributed by atoms with van der Waals surface area (Å²) in [5, 5.41) is 1.46. The van der Waals surface area contributed by atoms with Gasteiger partial charge >= 0.3 is 0 Å². The van der Waals surface area contributed by atoms with Crippen molar-refractivity contribution in [2.75, 3.05) is 19.8 Å². The lowest BCUT2D eigenvalue weighted by Crippen LogP contribution is -2.08. The van der Waals surface area contributed by atoms with E-state index in [1.54, 1.807) is 0 Å². The molecular formula is C13H18BrClO2. The Morgan fingerprint density at radius 3 is 2.76 bits per heavy atom. The summed E-state index contributed by atoms with van der Waals surface area (Å²) in [6.07, 6.45) is 2.26. The zero-order valence-corrected chi connectivity index (χ0v) is 12.4. The Hall–Kier alpha value is -0.250. The zero-order valence-electron chi connectivity index (χ0n) is 10.0. The van der Waals surface area contributed by atoms with Gasteiger partial charge in [0.1, 0.15) is 12.4 Å². The third-order valence-corrected chi connectivity index (χ3v) is 3.13. The Labute approximate surface area is 116 Å². The van der Waals surface area contributed by atoms with E-state index in [9.17, 15) is 0 Å². The van der Waals surface area contributed by atoms with E-state index in [1.807, 2.05) is 18.2 Å². The fraction of sp³-hybridized carbons (Fsp3) is 0.538. The van der Waals surface area contributed by atoms with Crippen molar-refractivity contribution in [1.82, 2.24) is 0 Å². The lowest BCUT2D eigenvalue weighted by Gasteiger charge is -2.10.